The van der Waals surface area contributed by atoms with Crippen LogP contribution in [0.25, 0.3) is 65.9 Å². The molecule has 0 spiro atoms. The van der Waals surface area contributed by atoms with Gasteiger partial charge in [-0.15, -0.1) is 0 Å². The van der Waals surface area contributed by atoms with Crippen molar-refractivity contribution in [2.75, 3.05) is 47.4 Å². The largest absolute Gasteiger partial charge is 0.405 e. The van der Waals surface area contributed by atoms with Crippen molar-refractivity contribution in [3.8, 4) is 0 Å². The Morgan fingerprint density at radius 3 is 0.967 bits per heavy atom. The summed E-state index contributed by atoms with van der Waals surface area (Å²) in [5.41, 5.74) is 33.6. The molecule has 123 heavy (non-hydrogen) atoms. The fraction of sp³-hybridized carbons (Fsp3) is 0.387. The molecule has 8 aromatic carbocycles. The number of benzene rings is 8. The summed E-state index contributed by atoms with van der Waals surface area (Å²) in [4.78, 5) is 9.80. The Balaban J connectivity index is 0.000000127. The number of anilines is 4. The highest BCUT2D eigenvalue weighted by atomic mass is 15.1. The highest BCUT2D eigenvalue weighted by Crippen LogP contribution is 2.47. The topological polar surface area (TPSA) is 28.5 Å². The highest BCUT2D eigenvalue weighted by molar-refractivity contribution is 6.83. The van der Waals surface area contributed by atoms with Gasteiger partial charge in [0, 0.05) is 92.8 Å². The summed E-state index contributed by atoms with van der Waals surface area (Å²) in [6, 6.07) is 81.1. The van der Waals surface area contributed by atoms with E-state index in [1.54, 1.807) is 5.56 Å². The Kier molecular flexibility index (Phi) is 25.3. The van der Waals surface area contributed by atoms with Crippen LogP contribution in [0.2, 0.25) is 0 Å². The lowest BCUT2D eigenvalue weighted by Crippen LogP contribution is -2.61. The van der Waals surface area contributed by atoms with Gasteiger partial charge in [-0.1, -0.05) is 301 Å². The molecule has 6 aliphatic rings. The number of rotatable bonds is 10. The highest BCUT2D eigenvalue weighted by Gasteiger charge is 2.44. The minimum absolute atomic E-state index is 0.0891. The predicted molar refractivity (Wildman–Crippen MR) is 535 cm³/mol. The molecule has 2 saturated carbocycles. The molecule has 0 atom stereocenters. The molecule has 12 aromatic rings. The Hall–Kier alpha value is -10.2. The van der Waals surface area contributed by atoms with Crippen molar-refractivity contribution in [3.05, 3.63) is 287 Å². The third-order valence-electron chi connectivity index (χ3n) is 28.2. The van der Waals surface area contributed by atoms with E-state index in [-0.39, 0.29) is 49.1 Å². The smallest absolute Gasteiger partial charge is 0.396 e. The third-order valence-corrected chi connectivity index (χ3v) is 28.2. The van der Waals surface area contributed by atoms with Gasteiger partial charge in [0.1, 0.15) is 28.2 Å². The van der Waals surface area contributed by atoms with E-state index in [1.165, 1.54) is 214 Å². The van der Waals surface area contributed by atoms with Crippen molar-refractivity contribution in [1.82, 2.24) is 0 Å². The van der Waals surface area contributed by atoms with Crippen LogP contribution in [0.4, 0.5) is 22.7 Å². The van der Waals surface area contributed by atoms with Crippen molar-refractivity contribution in [1.29, 1.82) is 0 Å². The number of aryl methyl sites for hydroxylation is 4. The molecule has 12 heteroatoms. The first-order valence-corrected chi connectivity index (χ1v) is 46.4. The Morgan fingerprint density at radius 1 is 0.325 bits per heavy atom. The van der Waals surface area contributed by atoms with Crippen molar-refractivity contribution in [2.24, 2.45) is 61.7 Å². The standard InChI is InChI=1S/C30H38BN2.C28H34BN2.C27H34BN2.C26H32BN2/c1-30(2,3)26-21-31(33(5)28-18-12-10-16-25(26)28)29-20-23(19-22-13-7-6-8-14-22)24-15-9-11-17-27(24)32(29)4;1-28(2,3)24-19-29(31(5)26-17-11-9-15-22(24)26)27-18-23(20-12-6-7-13-20)21-14-8-10-16-25(21)30(27)4;1-19(2)16-20-17-26(29(6)24-14-10-8-12-21(20)24)28-18-23(27(3,4)5)22-13-9-11-15-25(22)30(28)7;1-18(2)21-16-25(28(6)23-14-10-8-12-19(21)23)27-17-22(26(3,4)5)20-13-9-11-15-24(20)29(27)7/h9-12,15-18,20-22H,6-8,13-14,19H2,1-5H3;8-11,14-20H,6-7,12-13H2,1-5H3;8-15,17-19H,16H2,1-7H3;8-18H,1-7H3/q4*+1. The maximum absolute atomic E-state index is 2.53. The molecule has 18 rings (SSSR count). The fourth-order valence-corrected chi connectivity index (χ4v) is 21.5. The molecule has 0 bridgehead atoms. The SMILES string of the molecule is CC(C)Cc1cc(B2C=C(C(C)(C)C)c3ccccc3N2C)[n+](C)c2ccccc12.CC(C)c1cc(B2C=C(C(C)(C)C)c3ccccc3N2C)[n+](C)c2ccccc12.CN1B(c2cc(C3CCCC3)c3ccccc3[n+]2C)C=C(C(C)(C)C)c2ccccc21.CN1B(c2cc(CC3CCCCC3)c3ccccc3[n+]2C)C=C(C(C)(C)C)c2ccccc21. The predicted octanol–water partition coefficient (Wildman–Crippen LogP) is 22.0. The zero-order valence-electron chi connectivity index (χ0n) is 79.1. The molecule has 4 aromatic heterocycles. The first-order chi connectivity index (χ1) is 58.6. The van der Waals surface area contributed by atoms with Gasteiger partial charge >= 0.3 is 27.4 Å². The van der Waals surface area contributed by atoms with E-state index in [1.807, 2.05) is 0 Å². The van der Waals surface area contributed by atoms with Gasteiger partial charge in [0.15, 0.2) is 22.4 Å². The normalized spacial score (nSPS) is 15.9. The van der Waals surface area contributed by atoms with Gasteiger partial charge < -0.3 is 19.2 Å². The quantitative estimate of drug-likeness (QED) is 0.101. The van der Waals surface area contributed by atoms with Crippen LogP contribution in [0.3, 0.4) is 0 Å². The Labute approximate surface area is 741 Å². The van der Waals surface area contributed by atoms with Crippen LogP contribution in [0.15, 0.2) is 242 Å². The number of allylic oxidation sites excluding steroid dienone is 4. The lowest BCUT2D eigenvalue weighted by molar-refractivity contribution is -0.627. The van der Waals surface area contributed by atoms with Crippen molar-refractivity contribution < 1.29 is 18.3 Å². The summed E-state index contributed by atoms with van der Waals surface area (Å²) in [5, 5.41) is 5.58. The van der Waals surface area contributed by atoms with E-state index in [4.69, 9.17) is 0 Å². The van der Waals surface area contributed by atoms with Gasteiger partial charge in [-0.2, -0.15) is 0 Å². The average Bonchev–Trinajstić information content (AvgIpc) is 1.10. The number of fused-ring (bicyclic) bond motifs is 8. The summed E-state index contributed by atoms with van der Waals surface area (Å²) in [5.74, 6) is 12.6. The molecular formula is C111H138B4N8+4. The molecule has 630 valence electrons. The van der Waals surface area contributed by atoms with Crippen LogP contribution in [0.5, 0.6) is 0 Å². The molecule has 0 saturated heterocycles. The van der Waals surface area contributed by atoms with E-state index >= 15 is 0 Å². The number of pyridine rings is 4. The molecule has 4 aliphatic heterocycles. The Morgan fingerprint density at radius 2 is 0.610 bits per heavy atom. The van der Waals surface area contributed by atoms with Gasteiger partial charge in [-0.3, -0.25) is 0 Å². The van der Waals surface area contributed by atoms with Crippen LogP contribution in [0.1, 0.15) is 225 Å². The van der Waals surface area contributed by atoms with Crippen molar-refractivity contribution in [2.45, 2.75) is 193 Å². The van der Waals surface area contributed by atoms with Crippen molar-refractivity contribution in [3.63, 3.8) is 0 Å². The fourth-order valence-electron chi connectivity index (χ4n) is 21.5. The molecule has 0 amide bonds. The number of nitrogens with zero attached hydrogens (tertiary/aromatic N) is 8. The van der Waals surface area contributed by atoms with E-state index in [9.17, 15) is 0 Å². The number of hydrogen-bond donors (Lipinski definition) is 0. The minimum Gasteiger partial charge on any atom is -0.405 e. The second-order valence-electron chi connectivity index (χ2n) is 41.6. The lowest BCUT2D eigenvalue weighted by atomic mass is 9.51. The van der Waals surface area contributed by atoms with Crippen LogP contribution >= 0.6 is 0 Å². The molecule has 0 N–H and O–H groups in total. The third kappa shape index (κ3) is 17.6. The zero-order valence-corrected chi connectivity index (χ0v) is 79.1. The van der Waals surface area contributed by atoms with E-state index in [2.05, 4.69) is 447 Å². The molecule has 2 fully saturated rings. The van der Waals surface area contributed by atoms with E-state index in [0.717, 1.165) is 12.3 Å². The first kappa shape index (κ1) is 87.7. The Bertz CT molecular complexity index is 6060. The number of aromatic nitrogens is 4. The number of hydrogen-bond acceptors (Lipinski definition) is 4. The van der Waals surface area contributed by atoms with Crippen LogP contribution < -0.4 is 59.9 Å². The van der Waals surface area contributed by atoms with Gasteiger partial charge in [-0.25, -0.2) is 18.3 Å². The van der Waals surface area contributed by atoms with Crippen molar-refractivity contribution >= 4 is 138 Å². The van der Waals surface area contributed by atoms with Crippen LogP contribution in [-0.2, 0) is 41.0 Å². The second kappa shape index (κ2) is 35.4. The molecular weight excluding hydrogens is 1490 g/mol. The number of para-hydroxylation sites is 8. The van der Waals surface area contributed by atoms with Crippen LogP contribution in [-0.4, -0.2) is 55.6 Å². The lowest BCUT2D eigenvalue weighted by Gasteiger charge is -2.36. The maximum atomic E-state index is 2.53. The van der Waals surface area contributed by atoms with E-state index in [0.29, 0.717) is 17.8 Å². The zero-order chi connectivity index (χ0) is 87.5. The van der Waals surface area contributed by atoms with Gasteiger partial charge in [0.05, 0.1) is 0 Å². The van der Waals surface area contributed by atoms with Gasteiger partial charge in [0.25, 0.3) is 0 Å². The summed E-state index contributed by atoms with van der Waals surface area (Å²) in [6.07, 6.45) is 14.7. The molecule has 8 nitrogen and oxygen atoms in total. The van der Waals surface area contributed by atoms with Gasteiger partial charge in [-0.05, 0) is 215 Å². The monoisotopic (exact) mass is 1630 g/mol. The van der Waals surface area contributed by atoms with Gasteiger partial charge in [0.2, 0.25) is 22.1 Å². The molecule has 2 aliphatic carbocycles. The maximum Gasteiger partial charge on any atom is 0.396 e. The van der Waals surface area contributed by atoms with E-state index < -0.39 is 0 Å². The minimum atomic E-state index is 0.0891. The average molecular weight is 1630 g/mol. The second-order valence-corrected chi connectivity index (χ2v) is 41.6. The molecule has 8 heterocycles. The summed E-state index contributed by atoms with van der Waals surface area (Å²) in [6.45, 7) is 38.0. The first-order valence-electron chi connectivity index (χ1n) is 46.4. The summed E-state index contributed by atoms with van der Waals surface area (Å²) >= 11 is 0. The molecule has 0 unspecified atom stereocenters. The summed E-state index contributed by atoms with van der Waals surface area (Å²) < 4.78 is 9.64. The molecule has 0 radical (unpaired) electrons. The summed E-state index contributed by atoms with van der Waals surface area (Å²) in [7, 11) is 17.9. The van der Waals surface area contributed by atoms with Crippen LogP contribution in [0, 0.1) is 33.5 Å².